The number of nitrogens with zero attached hydrogens (tertiary/aromatic N) is 2. The number of halogens is 1. The molecule has 2 rings (SSSR count). The van der Waals surface area contributed by atoms with Gasteiger partial charge >= 0.3 is 5.97 Å². The first-order chi connectivity index (χ1) is 7.66. The number of aromatic carboxylic acids is 1. The van der Waals surface area contributed by atoms with Crippen LogP contribution in [-0.2, 0) is 0 Å². The molecule has 0 fully saturated rings. The molecule has 1 aromatic carbocycles. The molecule has 16 heavy (non-hydrogen) atoms. The fourth-order valence-electron chi connectivity index (χ4n) is 1.22. The van der Waals surface area contributed by atoms with Gasteiger partial charge in [-0.15, -0.1) is 0 Å². The van der Waals surface area contributed by atoms with E-state index >= 15 is 0 Å². The van der Waals surface area contributed by atoms with Crippen molar-refractivity contribution in [3.05, 3.63) is 46.7 Å². The van der Waals surface area contributed by atoms with Gasteiger partial charge in [0.15, 0.2) is 5.82 Å². The number of aromatic nitrogens is 2. The summed E-state index contributed by atoms with van der Waals surface area (Å²) in [5.41, 5.74) is 0.921. The van der Waals surface area contributed by atoms with Gasteiger partial charge in [0.05, 0.1) is 5.56 Å². The number of carbonyl (C=O) groups is 1. The summed E-state index contributed by atoms with van der Waals surface area (Å²) in [6, 6.07) is 7.50. The van der Waals surface area contributed by atoms with E-state index < -0.39 is 5.97 Å². The lowest BCUT2D eigenvalue weighted by molar-refractivity contribution is 0.0696. The number of hydrogen-bond acceptors (Lipinski definition) is 3. The first kappa shape index (κ1) is 10.8. The molecule has 2 aromatic rings. The summed E-state index contributed by atoms with van der Waals surface area (Å²) in [6.45, 7) is 0. The fraction of sp³-hybridized carbons (Fsp3) is 0. The highest BCUT2D eigenvalue weighted by atomic mass is 79.9. The summed E-state index contributed by atoms with van der Waals surface area (Å²) in [5.74, 6) is -0.521. The summed E-state index contributed by atoms with van der Waals surface area (Å²) in [6.07, 6.45) is 2.59. The highest BCUT2D eigenvalue weighted by Gasteiger charge is 2.05. The zero-order valence-electron chi connectivity index (χ0n) is 8.09. The molecule has 1 heterocycles. The van der Waals surface area contributed by atoms with Crippen molar-refractivity contribution in [2.45, 2.75) is 0 Å². The van der Waals surface area contributed by atoms with E-state index in [2.05, 4.69) is 25.9 Å². The van der Waals surface area contributed by atoms with Crippen molar-refractivity contribution in [1.29, 1.82) is 0 Å². The van der Waals surface area contributed by atoms with Gasteiger partial charge in [-0.25, -0.2) is 14.8 Å². The topological polar surface area (TPSA) is 63.1 Å². The third-order valence-electron chi connectivity index (χ3n) is 1.98. The average molecular weight is 279 g/mol. The van der Waals surface area contributed by atoms with Gasteiger partial charge in [-0.2, -0.15) is 0 Å². The molecule has 0 bridgehead atoms. The number of rotatable bonds is 2. The van der Waals surface area contributed by atoms with Crippen LogP contribution in [0.15, 0.2) is 41.1 Å². The normalized spacial score (nSPS) is 10.1. The Morgan fingerprint density at radius 3 is 2.50 bits per heavy atom. The standard InChI is InChI=1S/C11H7BrN2O2/c12-9-3-1-2-7(4-9)10-13-5-8(6-14-10)11(15)16/h1-6H,(H,15,16). The van der Waals surface area contributed by atoms with Crippen LogP contribution in [0.5, 0.6) is 0 Å². The van der Waals surface area contributed by atoms with Crippen LogP contribution in [0.2, 0.25) is 0 Å². The van der Waals surface area contributed by atoms with Gasteiger partial charge < -0.3 is 5.11 Å². The molecule has 0 spiro atoms. The minimum absolute atomic E-state index is 0.0822. The van der Waals surface area contributed by atoms with Gasteiger partial charge in [0.1, 0.15) is 0 Å². The number of hydrogen-bond donors (Lipinski definition) is 1. The minimum atomic E-state index is -1.03. The van der Waals surface area contributed by atoms with Crippen LogP contribution in [0.4, 0.5) is 0 Å². The van der Waals surface area contributed by atoms with Crippen LogP contribution >= 0.6 is 15.9 Å². The van der Waals surface area contributed by atoms with Gasteiger partial charge in [-0.05, 0) is 12.1 Å². The molecule has 0 aliphatic carbocycles. The van der Waals surface area contributed by atoms with Crippen molar-refractivity contribution in [2.75, 3.05) is 0 Å². The summed E-state index contributed by atoms with van der Waals surface area (Å²) in [5, 5.41) is 8.70. The van der Waals surface area contributed by atoms with Crippen LogP contribution in [0.3, 0.4) is 0 Å². The first-order valence-corrected chi connectivity index (χ1v) is 5.27. The maximum Gasteiger partial charge on any atom is 0.338 e. The molecule has 0 amide bonds. The second kappa shape index (κ2) is 4.40. The predicted octanol–water partition coefficient (Wildman–Crippen LogP) is 2.60. The molecule has 1 aromatic heterocycles. The molecule has 1 N–H and O–H groups in total. The second-order valence-corrected chi connectivity index (χ2v) is 4.03. The monoisotopic (exact) mass is 278 g/mol. The van der Waals surface area contributed by atoms with Crippen molar-refractivity contribution in [1.82, 2.24) is 9.97 Å². The van der Waals surface area contributed by atoms with Crippen molar-refractivity contribution in [2.24, 2.45) is 0 Å². The molecule has 5 heteroatoms. The Kier molecular flexibility index (Phi) is 2.96. The Morgan fingerprint density at radius 2 is 1.94 bits per heavy atom. The molecular formula is C11H7BrN2O2. The average Bonchev–Trinajstić information content (AvgIpc) is 2.29. The predicted molar refractivity (Wildman–Crippen MR) is 62.1 cm³/mol. The van der Waals surface area contributed by atoms with E-state index in [9.17, 15) is 4.79 Å². The quantitative estimate of drug-likeness (QED) is 0.917. The van der Waals surface area contributed by atoms with Crippen molar-refractivity contribution < 1.29 is 9.90 Å². The molecule has 0 saturated heterocycles. The van der Waals surface area contributed by atoms with Crippen LogP contribution in [0, 0.1) is 0 Å². The highest BCUT2D eigenvalue weighted by Crippen LogP contribution is 2.19. The van der Waals surface area contributed by atoms with E-state index in [-0.39, 0.29) is 5.56 Å². The zero-order valence-corrected chi connectivity index (χ0v) is 9.68. The first-order valence-electron chi connectivity index (χ1n) is 4.48. The summed E-state index contributed by atoms with van der Waals surface area (Å²) >= 11 is 3.35. The maximum absolute atomic E-state index is 10.6. The van der Waals surface area contributed by atoms with Gasteiger partial charge in [-0.3, -0.25) is 0 Å². The number of carboxylic acids is 1. The Bertz CT molecular complexity index is 526. The molecule has 0 aliphatic heterocycles. The highest BCUT2D eigenvalue weighted by molar-refractivity contribution is 9.10. The van der Waals surface area contributed by atoms with E-state index in [1.54, 1.807) is 0 Å². The lowest BCUT2D eigenvalue weighted by Crippen LogP contribution is -1.99. The van der Waals surface area contributed by atoms with E-state index in [0.29, 0.717) is 5.82 Å². The Morgan fingerprint density at radius 1 is 1.25 bits per heavy atom. The molecule has 0 radical (unpaired) electrons. The molecule has 0 unspecified atom stereocenters. The maximum atomic E-state index is 10.6. The van der Waals surface area contributed by atoms with Crippen LogP contribution in [0.25, 0.3) is 11.4 Å². The largest absolute Gasteiger partial charge is 0.478 e. The van der Waals surface area contributed by atoms with Crippen molar-refractivity contribution >= 4 is 21.9 Å². The third kappa shape index (κ3) is 2.25. The van der Waals surface area contributed by atoms with E-state index in [1.165, 1.54) is 12.4 Å². The number of carboxylic acid groups (broad SMARTS) is 1. The SMILES string of the molecule is O=C(O)c1cnc(-c2cccc(Br)c2)nc1. The summed E-state index contributed by atoms with van der Waals surface area (Å²) in [7, 11) is 0. The summed E-state index contributed by atoms with van der Waals surface area (Å²) in [4.78, 5) is 18.6. The molecule has 0 atom stereocenters. The molecule has 80 valence electrons. The van der Waals surface area contributed by atoms with Crippen LogP contribution in [-0.4, -0.2) is 21.0 Å². The van der Waals surface area contributed by atoms with Crippen LogP contribution < -0.4 is 0 Å². The lowest BCUT2D eigenvalue weighted by atomic mass is 10.2. The summed E-state index contributed by atoms with van der Waals surface area (Å²) < 4.78 is 0.927. The minimum Gasteiger partial charge on any atom is -0.478 e. The van der Waals surface area contributed by atoms with E-state index in [0.717, 1.165) is 10.0 Å². The zero-order chi connectivity index (χ0) is 11.5. The van der Waals surface area contributed by atoms with E-state index in [1.807, 2.05) is 24.3 Å². The molecule has 0 saturated carbocycles. The second-order valence-electron chi connectivity index (χ2n) is 3.11. The smallest absolute Gasteiger partial charge is 0.338 e. The third-order valence-corrected chi connectivity index (χ3v) is 2.47. The number of benzene rings is 1. The van der Waals surface area contributed by atoms with Crippen molar-refractivity contribution in [3.63, 3.8) is 0 Å². The van der Waals surface area contributed by atoms with Crippen LogP contribution in [0.1, 0.15) is 10.4 Å². The van der Waals surface area contributed by atoms with Gasteiger partial charge in [0.2, 0.25) is 0 Å². The Hall–Kier alpha value is -1.75. The van der Waals surface area contributed by atoms with Crippen molar-refractivity contribution in [3.8, 4) is 11.4 Å². The van der Waals surface area contributed by atoms with Gasteiger partial charge in [0.25, 0.3) is 0 Å². The Balaban J connectivity index is 2.38. The Labute approximate surface area is 100 Å². The van der Waals surface area contributed by atoms with Gasteiger partial charge in [0, 0.05) is 22.4 Å². The van der Waals surface area contributed by atoms with Gasteiger partial charge in [-0.1, -0.05) is 28.1 Å². The fourth-order valence-corrected chi connectivity index (χ4v) is 1.61. The van der Waals surface area contributed by atoms with E-state index in [4.69, 9.17) is 5.11 Å². The lowest BCUT2D eigenvalue weighted by Gasteiger charge is -2.00. The molecule has 0 aliphatic rings. The molecule has 4 nitrogen and oxygen atoms in total. The molecular weight excluding hydrogens is 272 g/mol.